The van der Waals surface area contributed by atoms with Crippen molar-refractivity contribution in [3.63, 3.8) is 0 Å². The number of hydrogen-bond acceptors (Lipinski definition) is 6. The van der Waals surface area contributed by atoms with Gasteiger partial charge in [-0.25, -0.2) is 0 Å². The van der Waals surface area contributed by atoms with Crippen LogP contribution in [0.3, 0.4) is 0 Å². The van der Waals surface area contributed by atoms with E-state index in [1.165, 1.54) is 30.0 Å². The van der Waals surface area contributed by atoms with Crippen molar-refractivity contribution in [2.45, 2.75) is 18.6 Å². The second kappa shape index (κ2) is 7.42. The average Bonchev–Trinajstić information content (AvgIpc) is 2.81. The summed E-state index contributed by atoms with van der Waals surface area (Å²) in [5, 5.41) is 15.9. The smallest absolute Gasteiger partial charge is 0.271 e. The van der Waals surface area contributed by atoms with Crippen LogP contribution in [-0.2, 0) is 9.59 Å². The molecular formula is C13H13ClN4O4S. The number of thioether (sulfide) groups is 1. The summed E-state index contributed by atoms with van der Waals surface area (Å²) in [6, 6.07) is 3.75. The molecule has 0 bridgehead atoms. The third-order valence-corrected chi connectivity index (χ3v) is 4.33. The number of aliphatic imine (C=N–C) groups is 1. The molecule has 2 amide bonds. The molecule has 1 aromatic rings. The Hall–Kier alpha value is -2.13. The maximum absolute atomic E-state index is 12.0. The van der Waals surface area contributed by atoms with Crippen LogP contribution in [0.25, 0.3) is 0 Å². The number of halogens is 1. The molecule has 10 heteroatoms. The molecule has 0 radical (unpaired) electrons. The van der Waals surface area contributed by atoms with E-state index in [2.05, 4.69) is 15.6 Å². The Morgan fingerprint density at radius 2 is 2.30 bits per heavy atom. The summed E-state index contributed by atoms with van der Waals surface area (Å²) in [6.45, 7) is 2.37. The molecular weight excluding hydrogens is 344 g/mol. The van der Waals surface area contributed by atoms with Gasteiger partial charge in [0.2, 0.25) is 11.8 Å². The number of nitro benzene ring substituents is 1. The van der Waals surface area contributed by atoms with Gasteiger partial charge in [-0.1, -0.05) is 23.4 Å². The monoisotopic (exact) mass is 356 g/mol. The van der Waals surface area contributed by atoms with Crippen molar-refractivity contribution >= 4 is 51.7 Å². The van der Waals surface area contributed by atoms with Crippen LogP contribution in [0.5, 0.6) is 0 Å². The fourth-order valence-electron chi connectivity index (χ4n) is 1.85. The number of amides is 2. The molecule has 8 nitrogen and oxygen atoms in total. The zero-order valence-electron chi connectivity index (χ0n) is 12.0. The molecule has 2 rings (SSSR count). The topological polar surface area (TPSA) is 114 Å². The highest BCUT2D eigenvalue weighted by atomic mass is 35.5. The van der Waals surface area contributed by atoms with Crippen LogP contribution in [0.2, 0.25) is 5.02 Å². The fraction of sp³-hybridized carbons (Fsp3) is 0.308. The van der Waals surface area contributed by atoms with Crippen molar-refractivity contribution in [2.75, 3.05) is 11.9 Å². The molecule has 0 aliphatic carbocycles. The van der Waals surface area contributed by atoms with Crippen molar-refractivity contribution in [1.82, 2.24) is 5.32 Å². The van der Waals surface area contributed by atoms with E-state index < -0.39 is 16.1 Å². The molecule has 1 aromatic carbocycles. The van der Waals surface area contributed by atoms with Crippen LogP contribution < -0.4 is 10.6 Å². The van der Waals surface area contributed by atoms with Gasteiger partial charge in [0, 0.05) is 25.1 Å². The number of hydrogen-bond donors (Lipinski definition) is 2. The van der Waals surface area contributed by atoms with E-state index in [9.17, 15) is 19.7 Å². The van der Waals surface area contributed by atoms with Crippen LogP contribution >= 0.6 is 23.4 Å². The molecule has 1 saturated heterocycles. The highest BCUT2D eigenvalue weighted by molar-refractivity contribution is 8.15. The number of nitro groups is 1. The molecule has 23 heavy (non-hydrogen) atoms. The van der Waals surface area contributed by atoms with Gasteiger partial charge in [-0.2, -0.15) is 0 Å². The Morgan fingerprint density at radius 3 is 2.96 bits per heavy atom. The predicted molar refractivity (Wildman–Crippen MR) is 88.9 cm³/mol. The van der Waals surface area contributed by atoms with Gasteiger partial charge in [0.15, 0.2) is 5.17 Å². The summed E-state index contributed by atoms with van der Waals surface area (Å²) in [5.41, 5.74) is -0.0493. The first kappa shape index (κ1) is 17.2. The quantitative estimate of drug-likeness (QED) is 0.620. The van der Waals surface area contributed by atoms with Gasteiger partial charge in [-0.3, -0.25) is 24.7 Å². The van der Waals surface area contributed by atoms with E-state index in [-0.39, 0.29) is 28.7 Å². The van der Waals surface area contributed by atoms with E-state index >= 15 is 0 Å². The molecule has 0 aromatic heterocycles. The minimum atomic E-state index is -0.585. The van der Waals surface area contributed by atoms with E-state index in [0.717, 1.165) is 0 Å². The van der Waals surface area contributed by atoms with Gasteiger partial charge in [0.25, 0.3) is 5.69 Å². The van der Waals surface area contributed by atoms with Gasteiger partial charge in [0.1, 0.15) is 5.25 Å². The number of non-ortho nitro benzene ring substituents is 1. The Kier molecular flexibility index (Phi) is 5.56. The van der Waals surface area contributed by atoms with Crippen LogP contribution in [-0.4, -0.2) is 33.7 Å². The fourth-order valence-corrected chi connectivity index (χ4v) is 3.05. The van der Waals surface area contributed by atoms with Crippen LogP contribution in [0.4, 0.5) is 11.4 Å². The summed E-state index contributed by atoms with van der Waals surface area (Å²) in [7, 11) is 0. The first-order valence-corrected chi connectivity index (χ1v) is 7.92. The Morgan fingerprint density at radius 1 is 1.57 bits per heavy atom. The molecule has 0 unspecified atom stereocenters. The maximum atomic E-state index is 12.0. The van der Waals surface area contributed by atoms with E-state index in [4.69, 9.17) is 11.6 Å². The SMILES string of the molecule is CCN=C1NC(=O)[C@@H](CC(=O)Nc2cc([N+](=O)[O-])ccc2Cl)S1. The van der Waals surface area contributed by atoms with E-state index in [1.54, 1.807) is 0 Å². The number of anilines is 1. The lowest BCUT2D eigenvalue weighted by Gasteiger charge is -2.08. The zero-order chi connectivity index (χ0) is 17.0. The van der Waals surface area contributed by atoms with E-state index in [0.29, 0.717) is 11.7 Å². The molecule has 1 heterocycles. The summed E-state index contributed by atoms with van der Waals surface area (Å²) in [4.78, 5) is 38.0. The Labute approximate surface area is 140 Å². The first-order chi connectivity index (χ1) is 10.9. The molecule has 1 aliphatic rings. The standard InChI is InChI=1S/C13H13ClN4O4S/c1-2-15-13-17-12(20)10(23-13)6-11(19)16-9-5-7(18(21)22)3-4-8(9)14/h3-5,10H,2,6H2,1H3,(H,16,19)(H,15,17,20)/t10-/m1/s1. The third-order valence-electron chi connectivity index (χ3n) is 2.88. The average molecular weight is 357 g/mol. The maximum Gasteiger partial charge on any atom is 0.271 e. The molecule has 1 aliphatic heterocycles. The summed E-state index contributed by atoms with van der Waals surface area (Å²) in [6.07, 6.45) is -0.0851. The first-order valence-electron chi connectivity index (χ1n) is 6.66. The van der Waals surface area contributed by atoms with Crippen molar-refractivity contribution in [3.8, 4) is 0 Å². The highest BCUT2D eigenvalue weighted by Crippen LogP contribution is 2.28. The number of amidine groups is 1. The molecule has 0 spiro atoms. The largest absolute Gasteiger partial charge is 0.325 e. The normalized spacial score (nSPS) is 18.8. The Bertz CT molecular complexity index is 695. The van der Waals surface area contributed by atoms with Gasteiger partial charge in [-0.05, 0) is 13.0 Å². The van der Waals surface area contributed by atoms with Crippen LogP contribution in [0, 0.1) is 10.1 Å². The number of nitrogens with zero attached hydrogens (tertiary/aromatic N) is 2. The van der Waals surface area contributed by atoms with Gasteiger partial charge < -0.3 is 10.6 Å². The second-order valence-electron chi connectivity index (χ2n) is 4.55. The molecule has 1 atom stereocenters. The number of nitrogens with one attached hydrogen (secondary N) is 2. The van der Waals surface area contributed by atoms with E-state index in [1.807, 2.05) is 6.92 Å². The summed E-state index contributed by atoms with van der Waals surface area (Å²) in [5.74, 6) is -0.750. The third kappa shape index (κ3) is 4.42. The molecule has 2 N–H and O–H groups in total. The van der Waals surface area contributed by atoms with Crippen molar-refractivity contribution < 1.29 is 14.5 Å². The minimum Gasteiger partial charge on any atom is -0.325 e. The van der Waals surface area contributed by atoms with Crippen LogP contribution in [0.15, 0.2) is 23.2 Å². The highest BCUT2D eigenvalue weighted by Gasteiger charge is 2.32. The van der Waals surface area contributed by atoms with Crippen molar-refractivity contribution in [3.05, 3.63) is 33.3 Å². The van der Waals surface area contributed by atoms with Gasteiger partial charge in [-0.15, -0.1) is 0 Å². The predicted octanol–water partition coefficient (Wildman–Crippen LogP) is 2.18. The lowest BCUT2D eigenvalue weighted by atomic mass is 10.2. The number of rotatable bonds is 5. The molecule has 122 valence electrons. The van der Waals surface area contributed by atoms with Crippen molar-refractivity contribution in [2.24, 2.45) is 4.99 Å². The lowest BCUT2D eigenvalue weighted by molar-refractivity contribution is -0.384. The van der Waals surface area contributed by atoms with Crippen LogP contribution in [0.1, 0.15) is 13.3 Å². The zero-order valence-corrected chi connectivity index (χ0v) is 13.6. The van der Waals surface area contributed by atoms with Gasteiger partial charge in [0.05, 0.1) is 15.6 Å². The summed E-state index contributed by atoms with van der Waals surface area (Å²) < 4.78 is 0. The Balaban J connectivity index is 2.03. The summed E-state index contributed by atoms with van der Waals surface area (Å²) >= 11 is 7.10. The van der Waals surface area contributed by atoms with Crippen molar-refractivity contribution in [1.29, 1.82) is 0 Å². The number of carbonyl (C=O) groups is 2. The minimum absolute atomic E-state index is 0.0851. The van der Waals surface area contributed by atoms with Gasteiger partial charge >= 0.3 is 0 Å². The number of benzene rings is 1. The second-order valence-corrected chi connectivity index (χ2v) is 6.15. The molecule has 0 saturated carbocycles. The lowest BCUT2D eigenvalue weighted by Crippen LogP contribution is -2.28. The number of carbonyl (C=O) groups excluding carboxylic acids is 2. The molecule has 1 fully saturated rings.